The Morgan fingerprint density at radius 1 is 0.974 bits per heavy atom. The van der Waals surface area contributed by atoms with Crippen LogP contribution in [0, 0.1) is 13.8 Å². The van der Waals surface area contributed by atoms with Crippen LogP contribution in [0.5, 0.6) is 11.5 Å². The number of ether oxygens (including phenoxy) is 2. The number of carbonyl (C=O) groups is 2. The van der Waals surface area contributed by atoms with Gasteiger partial charge in [0.25, 0.3) is 0 Å². The number of nitrogens with zero attached hydrogens (tertiary/aromatic N) is 2. The summed E-state index contributed by atoms with van der Waals surface area (Å²) in [6.45, 7) is 5.66. The van der Waals surface area contributed by atoms with Crippen molar-refractivity contribution in [1.29, 1.82) is 0 Å². The maximum atomic E-state index is 12.9. The van der Waals surface area contributed by atoms with Crippen molar-refractivity contribution in [2.75, 3.05) is 6.61 Å². The number of amides is 1. The Kier molecular flexibility index (Phi) is 8.43. The molecule has 1 N–H and O–H groups in total. The second-order valence-corrected chi connectivity index (χ2v) is 8.96. The number of benzene rings is 3. The van der Waals surface area contributed by atoms with Crippen molar-refractivity contribution in [1.82, 2.24) is 9.88 Å². The van der Waals surface area contributed by atoms with E-state index in [1.54, 1.807) is 24.3 Å². The number of oxazole rings is 1. The molecule has 0 radical (unpaired) electrons. The largest absolute Gasteiger partial charge is 0.493 e. The molecule has 8 heteroatoms. The number of aromatic nitrogens is 1. The van der Waals surface area contributed by atoms with E-state index in [0.29, 0.717) is 36.0 Å². The molecular formula is C30H30N2O6. The molecule has 4 rings (SSSR count). The molecule has 0 saturated heterocycles. The van der Waals surface area contributed by atoms with Gasteiger partial charge in [-0.25, -0.2) is 14.6 Å². The zero-order valence-corrected chi connectivity index (χ0v) is 21.6. The van der Waals surface area contributed by atoms with Gasteiger partial charge in [0.05, 0.1) is 18.8 Å². The van der Waals surface area contributed by atoms with E-state index in [1.807, 2.05) is 68.4 Å². The van der Waals surface area contributed by atoms with Gasteiger partial charge in [0.2, 0.25) is 5.89 Å². The molecule has 196 valence electrons. The number of rotatable bonds is 10. The molecule has 0 aliphatic heterocycles. The molecule has 0 aliphatic rings. The maximum absolute atomic E-state index is 12.9. The van der Waals surface area contributed by atoms with Crippen LogP contribution in [0.4, 0.5) is 4.79 Å². The predicted molar refractivity (Wildman–Crippen MR) is 142 cm³/mol. The van der Waals surface area contributed by atoms with E-state index in [4.69, 9.17) is 13.9 Å². The molecule has 4 aromatic rings. The molecule has 0 spiro atoms. The molecule has 38 heavy (non-hydrogen) atoms. The lowest BCUT2D eigenvalue weighted by Crippen LogP contribution is -2.44. The monoisotopic (exact) mass is 514 g/mol. The zero-order valence-electron chi connectivity index (χ0n) is 21.6. The molecule has 1 amide bonds. The van der Waals surface area contributed by atoms with Crippen molar-refractivity contribution >= 4 is 12.1 Å². The highest BCUT2D eigenvalue weighted by atomic mass is 16.6. The van der Waals surface area contributed by atoms with Crippen LogP contribution in [0.3, 0.4) is 0 Å². The van der Waals surface area contributed by atoms with Crippen molar-refractivity contribution < 1.29 is 28.6 Å². The van der Waals surface area contributed by atoms with Crippen LogP contribution in [0.25, 0.3) is 11.5 Å². The predicted octanol–water partition coefficient (Wildman–Crippen LogP) is 6.05. The highest BCUT2D eigenvalue weighted by Crippen LogP contribution is 2.23. The number of aliphatic carboxylic acids is 1. The molecular weight excluding hydrogens is 484 g/mol. The van der Waals surface area contributed by atoms with Gasteiger partial charge in [-0.15, -0.1) is 0 Å². The third kappa shape index (κ3) is 6.79. The van der Waals surface area contributed by atoms with Crippen molar-refractivity contribution in [2.24, 2.45) is 0 Å². The fourth-order valence-electron chi connectivity index (χ4n) is 3.82. The first-order valence-corrected chi connectivity index (χ1v) is 12.3. The average Bonchev–Trinajstić information content (AvgIpc) is 3.29. The van der Waals surface area contributed by atoms with Gasteiger partial charge in [0, 0.05) is 12.0 Å². The van der Waals surface area contributed by atoms with Crippen LogP contribution in [0.1, 0.15) is 29.5 Å². The van der Waals surface area contributed by atoms with Crippen LogP contribution in [-0.2, 0) is 17.8 Å². The molecule has 0 saturated carbocycles. The molecule has 8 nitrogen and oxygen atoms in total. The lowest BCUT2D eigenvalue weighted by Gasteiger charge is -2.26. The number of hydrogen-bond acceptors (Lipinski definition) is 6. The summed E-state index contributed by atoms with van der Waals surface area (Å²) >= 11 is 0. The summed E-state index contributed by atoms with van der Waals surface area (Å²) in [5, 5.41) is 9.57. The van der Waals surface area contributed by atoms with E-state index in [1.165, 1.54) is 11.8 Å². The summed E-state index contributed by atoms with van der Waals surface area (Å²) in [7, 11) is 0. The highest BCUT2D eigenvalue weighted by molar-refractivity contribution is 5.80. The first kappa shape index (κ1) is 26.5. The summed E-state index contributed by atoms with van der Waals surface area (Å²) in [4.78, 5) is 30.4. The number of aryl methyl sites for hydroxylation is 2. The summed E-state index contributed by atoms with van der Waals surface area (Å²) in [5.41, 5.74) is 3.46. The first-order chi connectivity index (χ1) is 18.3. The van der Waals surface area contributed by atoms with Crippen molar-refractivity contribution in [2.45, 2.75) is 39.8 Å². The van der Waals surface area contributed by atoms with Crippen LogP contribution < -0.4 is 9.47 Å². The third-order valence-corrected chi connectivity index (χ3v) is 6.06. The Bertz CT molecular complexity index is 1380. The quantitative estimate of drug-likeness (QED) is 0.275. The smallest absolute Gasteiger partial charge is 0.416 e. The van der Waals surface area contributed by atoms with Crippen LogP contribution in [-0.4, -0.2) is 39.7 Å². The lowest BCUT2D eigenvalue weighted by molar-refractivity contribution is -0.142. The summed E-state index contributed by atoms with van der Waals surface area (Å²) < 4.78 is 17.2. The molecule has 1 aromatic heterocycles. The number of hydrogen-bond donors (Lipinski definition) is 1. The molecule has 0 unspecified atom stereocenters. The normalized spacial score (nSPS) is 11.6. The lowest BCUT2D eigenvalue weighted by atomic mass is 10.1. The first-order valence-electron chi connectivity index (χ1n) is 12.3. The van der Waals surface area contributed by atoms with E-state index in [9.17, 15) is 14.7 Å². The minimum Gasteiger partial charge on any atom is -0.493 e. The maximum Gasteiger partial charge on any atom is 0.416 e. The van der Waals surface area contributed by atoms with E-state index in [-0.39, 0.29) is 6.54 Å². The SMILES string of the molecule is Cc1ccc(OC(=O)N(Cc2cccc(OCCc3nc(-c4ccccc4)oc3C)c2)[C@@H](C)C(=O)O)cc1. The number of carboxylic acids is 1. The fraction of sp³-hybridized carbons (Fsp3) is 0.233. The van der Waals surface area contributed by atoms with Crippen LogP contribution >= 0.6 is 0 Å². The van der Waals surface area contributed by atoms with Gasteiger partial charge in [-0.1, -0.05) is 48.0 Å². The molecule has 1 heterocycles. The summed E-state index contributed by atoms with van der Waals surface area (Å²) in [5.74, 6) is 1.13. The van der Waals surface area contributed by atoms with Gasteiger partial charge in [0.1, 0.15) is 23.3 Å². The van der Waals surface area contributed by atoms with Gasteiger partial charge in [-0.05, 0) is 62.7 Å². The van der Waals surface area contributed by atoms with Crippen LogP contribution in [0.2, 0.25) is 0 Å². The zero-order chi connectivity index (χ0) is 27.1. The Hall–Kier alpha value is -4.59. The van der Waals surface area contributed by atoms with E-state index < -0.39 is 18.1 Å². The Labute approximate surface area is 221 Å². The van der Waals surface area contributed by atoms with Gasteiger partial charge in [-0.3, -0.25) is 4.90 Å². The van der Waals surface area contributed by atoms with Crippen molar-refractivity contribution in [3.63, 3.8) is 0 Å². The number of carbonyl (C=O) groups excluding carboxylic acids is 1. The van der Waals surface area contributed by atoms with Crippen molar-refractivity contribution in [3.8, 4) is 23.0 Å². The Morgan fingerprint density at radius 3 is 2.42 bits per heavy atom. The minimum absolute atomic E-state index is 0.0399. The van der Waals surface area contributed by atoms with Crippen LogP contribution in [0.15, 0.2) is 83.3 Å². The summed E-state index contributed by atoms with van der Waals surface area (Å²) in [6.07, 6.45) is -0.192. The van der Waals surface area contributed by atoms with Gasteiger partial charge in [-0.2, -0.15) is 0 Å². The standard InChI is InChI=1S/C30H30N2O6/c1-20-12-14-25(15-13-20)38-30(35)32(21(2)29(33)34)19-23-8-7-11-26(18-23)36-17-16-27-22(3)37-28(31-27)24-9-5-4-6-10-24/h4-15,18,21H,16-17,19H2,1-3H3,(H,33,34)/t21-/m0/s1. The third-order valence-electron chi connectivity index (χ3n) is 6.06. The molecule has 0 bridgehead atoms. The van der Waals surface area contributed by atoms with Crippen molar-refractivity contribution in [3.05, 3.63) is 101 Å². The molecule has 3 aromatic carbocycles. The van der Waals surface area contributed by atoms with Gasteiger partial charge in [0.15, 0.2) is 0 Å². The minimum atomic E-state index is -1.13. The van der Waals surface area contributed by atoms with E-state index in [2.05, 4.69) is 4.98 Å². The number of carboxylic acid groups (broad SMARTS) is 1. The average molecular weight is 515 g/mol. The second-order valence-electron chi connectivity index (χ2n) is 8.96. The van der Waals surface area contributed by atoms with E-state index >= 15 is 0 Å². The molecule has 1 atom stereocenters. The second kappa shape index (κ2) is 12.1. The van der Waals surface area contributed by atoms with E-state index in [0.717, 1.165) is 22.6 Å². The Balaban J connectivity index is 1.40. The fourth-order valence-corrected chi connectivity index (χ4v) is 3.82. The Morgan fingerprint density at radius 2 is 1.71 bits per heavy atom. The molecule has 0 fully saturated rings. The van der Waals surface area contributed by atoms with Gasteiger partial charge >= 0.3 is 12.1 Å². The van der Waals surface area contributed by atoms with Gasteiger partial charge < -0.3 is 19.0 Å². The topological polar surface area (TPSA) is 102 Å². The highest BCUT2D eigenvalue weighted by Gasteiger charge is 2.27. The summed E-state index contributed by atoms with van der Waals surface area (Å²) in [6, 6.07) is 22.8. The molecule has 0 aliphatic carbocycles.